The van der Waals surface area contributed by atoms with Crippen molar-refractivity contribution in [2.24, 2.45) is 5.92 Å². The normalized spacial score (nSPS) is 29.0. The van der Waals surface area contributed by atoms with Crippen LogP contribution in [0.1, 0.15) is 31.4 Å². The molecule has 1 N–H and O–H groups in total. The number of furan rings is 1. The summed E-state index contributed by atoms with van der Waals surface area (Å²) in [6, 6.07) is 4.10. The van der Waals surface area contributed by atoms with Gasteiger partial charge in [0.15, 0.2) is 0 Å². The molecule has 0 aromatic carbocycles. The molecule has 0 bridgehead atoms. The molecule has 72 valence electrons. The molecule has 2 heteroatoms. The van der Waals surface area contributed by atoms with Gasteiger partial charge in [0.2, 0.25) is 0 Å². The third-order valence-corrected chi connectivity index (χ3v) is 3.04. The average molecular weight is 179 g/mol. The molecule has 0 spiro atoms. The first-order chi connectivity index (χ1) is 6.42. The minimum Gasteiger partial charge on any atom is -0.469 e. The van der Waals surface area contributed by atoms with Crippen molar-refractivity contribution in [1.29, 1.82) is 0 Å². The summed E-state index contributed by atoms with van der Waals surface area (Å²) in [6.45, 7) is 4.53. The summed E-state index contributed by atoms with van der Waals surface area (Å²) < 4.78 is 5.48. The van der Waals surface area contributed by atoms with Gasteiger partial charge in [-0.25, -0.2) is 0 Å². The third kappa shape index (κ3) is 1.78. The van der Waals surface area contributed by atoms with Crippen molar-refractivity contribution in [3.63, 3.8) is 0 Å². The van der Waals surface area contributed by atoms with Crippen LogP contribution in [0.4, 0.5) is 0 Å². The molecule has 1 aromatic rings. The van der Waals surface area contributed by atoms with Crippen molar-refractivity contribution in [3.05, 3.63) is 24.2 Å². The second kappa shape index (κ2) is 3.97. The molecule has 0 saturated carbocycles. The molecular weight excluding hydrogens is 162 g/mol. The van der Waals surface area contributed by atoms with E-state index in [9.17, 15) is 0 Å². The first-order valence-corrected chi connectivity index (χ1v) is 5.16. The van der Waals surface area contributed by atoms with E-state index < -0.39 is 0 Å². The van der Waals surface area contributed by atoms with Gasteiger partial charge in [-0.05, 0) is 37.6 Å². The van der Waals surface area contributed by atoms with Gasteiger partial charge in [0.25, 0.3) is 0 Å². The standard InChI is InChI=1S/C11H17NO/c1-2-9-8-12-6-5-10(9)11-4-3-7-13-11/h3-4,7,9-10,12H,2,5-6,8H2,1H3. The number of piperidine rings is 1. The summed E-state index contributed by atoms with van der Waals surface area (Å²) in [4.78, 5) is 0. The van der Waals surface area contributed by atoms with E-state index in [-0.39, 0.29) is 0 Å². The van der Waals surface area contributed by atoms with E-state index in [0.717, 1.165) is 19.0 Å². The zero-order valence-electron chi connectivity index (χ0n) is 8.12. The van der Waals surface area contributed by atoms with Gasteiger partial charge >= 0.3 is 0 Å². The second-order valence-corrected chi connectivity index (χ2v) is 3.78. The van der Waals surface area contributed by atoms with Crippen LogP contribution in [0, 0.1) is 5.92 Å². The number of hydrogen-bond acceptors (Lipinski definition) is 2. The van der Waals surface area contributed by atoms with Crippen LogP contribution < -0.4 is 5.32 Å². The summed E-state index contributed by atoms with van der Waals surface area (Å²) in [5, 5.41) is 3.44. The van der Waals surface area contributed by atoms with Crippen molar-refractivity contribution in [2.75, 3.05) is 13.1 Å². The quantitative estimate of drug-likeness (QED) is 0.754. The molecule has 1 aliphatic heterocycles. The van der Waals surface area contributed by atoms with Gasteiger partial charge in [0.1, 0.15) is 5.76 Å². The Morgan fingerprint density at radius 2 is 2.54 bits per heavy atom. The molecule has 2 rings (SSSR count). The van der Waals surface area contributed by atoms with Crippen molar-refractivity contribution in [1.82, 2.24) is 5.32 Å². The highest BCUT2D eigenvalue weighted by Crippen LogP contribution is 2.32. The molecular formula is C11H17NO. The molecule has 2 atom stereocenters. The summed E-state index contributed by atoms with van der Waals surface area (Å²) >= 11 is 0. The molecule has 0 aliphatic carbocycles. The molecule has 1 fully saturated rings. The highest BCUT2D eigenvalue weighted by molar-refractivity contribution is 5.08. The van der Waals surface area contributed by atoms with Crippen molar-refractivity contribution in [3.8, 4) is 0 Å². The Morgan fingerprint density at radius 3 is 3.23 bits per heavy atom. The van der Waals surface area contributed by atoms with Crippen molar-refractivity contribution < 1.29 is 4.42 Å². The predicted octanol–water partition coefficient (Wildman–Crippen LogP) is 2.38. The van der Waals surface area contributed by atoms with Crippen LogP contribution in [0.15, 0.2) is 22.8 Å². The van der Waals surface area contributed by atoms with E-state index in [1.807, 2.05) is 6.07 Å². The van der Waals surface area contributed by atoms with E-state index >= 15 is 0 Å². The fraction of sp³-hybridized carbons (Fsp3) is 0.636. The Labute approximate surface area is 79.3 Å². The summed E-state index contributed by atoms with van der Waals surface area (Å²) in [5.41, 5.74) is 0. The minimum atomic E-state index is 0.640. The van der Waals surface area contributed by atoms with E-state index in [4.69, 9.17) is 4.42 Å². The van der Waals surface area contributed by atoms with Crippen molar-refractivity contribution in [2.45, 2.75) is 25.7 Å². The largest absolute Gasteiger partial charge is 0.469 e. The van der Waals surface area contributed by atoms with Gasteiger partial charge in [-0.15, -0.1) is 0 Å². The number of rotatable bonds is 2. The molecule has 1 saturated heterocycles. The summed E-state index contributed by atoms with van der Waals surface area (Å²) in [5.74, 6) is 2.56. The number of hydrogen-bond donors (Lipinski definition) is 1. The molecule has 2 nitrogen and oxygen atoms in total. The minimum absolute atomic E-state index is 0.640. The first kappa shape index (κ1) is 8.82. The molecule has 1 aromatic heterocycles. The lowest BCUT2D eigenvalue weighted by Crippen LogP contribution is -2.34. The zero-order chi connectivity index (χ0) is 9.10. The SMILES string of the molecule is CCC1CNCCC1c1ccco1. The summed E-state index contributed by atoms with van der Waals surface area (Å²) in [7, 11) is 0. The first-order valence-electron chi connectivity index (χ1n) is 5.16. The van der Waals surface area contributed by atoms with Gasteiger partial charge in [0.05, 0.1) is 6.26 Å². The lowest BCUT2D eigenvalue weighted by atomic mass is 9.83. The Kier molecular flexibility index (Phi) is 2.69. The Balaban J connectivity index is 2.11. The van der Waals surface area contributed by atoms with E-state index in [0.29, 0.717) is 5.92 Å². The Bertz CT molecular complexity index is 243. The Morgan fingerprint density at radius 1 is 1.62 bits per heavy atom. The molecule has 0 amide bonds. The average Bonchev–Trinajstić information content (AvgIpc) is 2.70. The van der Waals surface area contributed by atoms with Crippen LogP contribution in [0.5, 0.6) is 0 Å². The topological polar surface area (TPSA) is 25.2 Å². The van der Waals surface area contributed by atoms with Gasteiger partial charge in [-0.2, -0.15) is 0 Å². The molecule has 13 heavy (non-hydrogen) atoms. The van der Waals surface area contributed by atoms with E-state index in [1.165, 1.54) is 18.6 Å². The maximum atomic E-state index is 5.48. The lowest BCUT2D eigenvalue weighted by molar-refractivity contribution is 0.281. The van der Waals surface area contributed by atoms with Crippen LogP contribution in [0.25, 0.3) is 0 Å². The van der Waals surface area contributed by atoms with Gasteiger partial charge in [-0.3, -0.25) is 0 Å². The monoisotopic (exact) mass is 179 g/mol. The second-order valence-electron chi connectivity index (χ2n) is 3.78. The molecule has 1 aliphatic rings. The van der Waals surface area contributed by atoms with Crippen LogP contribution in [-0.4, -0.2) is 13.1 Å². The molecule has 0 radical (unpaired) electrons. The van der Waals surface area contributed by atoms with Crippen LogP contribution in [-0.2, 0) is 0 Å². The highest BCUT2D eigenvalue weighted by atomic mass is 16.3. The zero-order valence-corrected chi connectivity index (χ0v) is 8.12. The van der Waals surface area contributed by atoms with Gasteiger partial charge in [0, 0.05) is 5.92 Å². The maximum absolute atomic E-state index is 5.48. The molecule has 2 unspecified atom stereocenters. The van der Waals surface area contributed by atoms with E-state index in [1.54, 1.807) is 6.26 Å². The lowest BCUT2D eigenvalue weighted by Gasteiger charge is -2.29. The van der Waals surface area contributed by atoms with Crippen LogP contribution in [0.2, 0.25) is 0 Å². The van der Waals surface area contributed by atoms with Crippen molar-refractivity contribution >= 4 is 0 Å². The summed E-state index contributed by atoms with van der Waals surface area (Å²) in [6.07, 6.45) is 4.23. The third-order valence-electron chi connectivity index (χ3n) is 3.04. The smallest absolute Gasteiger partial charge is 0.107 e. The maximum Gasteiger partial charge on any atom is 0.107 e. The van der Waals surface area contributed by atoms with Crippen LogP contribution in [0.3, 0.4) is 0 Å². The van der Waals surface area contributed by atoms with Crippen LogP contribution >= 0.6 is 0 Å². The predicted molar refractivity (Wildman–Crippen MR) is 52.7 cm³/mol. The van der Waals surface area contributed by atoms with Gasteiger partial charge < -0.3 is 9.73 Å². The van der Waals surface area contributed by atoms with E-state index in [2.05, 4.69) is 18.3 Å². The fourth-order valence-corrected chi connectivity index (χ4v) is 2.23. The number of nitrogens with one attached hydrogen (secondary N) is 1. The van der Waals surface area contributed by atoms with Gasteiger partial charge in [-0.1, -0.05) is 13.3 Å². The molecule has 2 heterocycles. The highest BCUT2D eigenvalue weighted by Gasteiger charge is 2.26. The Hall–Kier alpha value is -0.760. The fourth-order valence-electron chi connectivity index (χ4n) is 2.23.